The summed E-state index contributed by atoms with van der Waals surface area (Å²) in [7, 11) is 0. The second-order valence-electron chi connectivity index (χ2n) is 15.7. The van der Waals surface area contributed by atoms with Crippen LogP contribution in [0.25, 0.3) is 141 Å². The molecule has 0 bridgehead atoms. The van der Waals surface area contributed by atoms with E-state index in [4.69, 9.17) is 0 Å². The molecule has 0 heterocycles. The minimum Gasteiger partial charge on any atom is -0.0985 e. The summed E-state index contributed by atoms with van der Waals surface area (Å²) in [6.45, 7) is 13.1. The summed E-state index contributed by atoms with van der Waals surface area (Å²) in [5.74, 6) is 0. The van der Waals surface area contributed by atoms with Gasteiger partial charge in [0.05, 0.1) is 0 Å². The molecule has 12 aromatic carbocycles. The number of benzene rings is 10. The summed E-state index contributed by atoms with van der Waals surface area (Å²) in [6.07, 6.45) is 8.61. The van der Waals surface area contributed by atoms with Gasteiger partial charge in [-0.15, -0.1) is 0 Å². The lowest BCUT2D eigenvalue weighted by atomic mass is 9.83. The van der Waals surface area contributed by atoms with Crippen molar-refractivity contribution in [1.82, 2.24) is 0 Å². The van der Waals surface area contributed by atoms with Gasteiger partial charge < -0.3 is 0 Å². The minimum absolute atomic E-state index is 1.15. The molecule has 12 aromatic rings. The van der Waals surface area contributed by atoms with Gasteiger partial charge >= 0.3 is 0 Å². The molecule has 0 amide bonds. The molecule has 0 nitrogen and oxygen atoms in total. The number of hydrogen-bond acceptors (Lipinski definition) is 0. The van der Waals surface area contributed by atoms with Crippen LogP contribution >= 0.6 is 0 Å². The summed E-state index contributed by atoms with van der Waals surface area (Å²) in [6, 6.07) is 46.4. The fourth-order valence-corrected chi connectivity index (χ4v) is 11.4. The first-order valence-corrected chi connectivity index (χ1v) is 19.7. The molecular formula is C56H34. The van der Waals surface area contributed by atoms with Crippen LogP contribution in [0.5, 0.6) is 0 Å². The molecule has 56 heavy (non-hydrogen) atoms. The van der Waals surface area contributed by atoms with E-state index in [1.165, 1.54) is 141 Å². The van der Waals surface area contributed by atoms with Crippen molar-refractivity contribution in [2.75, 3.05) is 0 Å². The first kappa shape index (κ1) is 30.3. The fourth-order valence-electron chi connectivity index (χ4n) is 11.4. The van der Waals surface area contributed by atoms with Gasteiger partial charge in [0.15, 0.2) is 0 Å². The Morgan fingerprint density at radius 1 is 0.321 bits per heavy atom. The van der Waals surface area contributed by atoms with Crippen LogP contribution in [0.2, 0.25) is 0 Å². The maximum Gasteiger partial charge on any atom is -0.000730 e. The first-order chi connectivity index (χ1) is 27.7. The summed E-state index contributed by atoms with van der Waals surface area (Å²) in [4.78, 5) is 0. The molecule has 1 aliphatic carbocycles. The van der Waals surface area contributed by atoms with Gasteiger partial charge in [-0.3, -0.25) is 0 Å². The molecule has 0 saturated heterocycles. The van der Waals surface area contributed by atoms with Gasteiger partial charge in [0.1, 0.15) is 0 Å². The molecule has 0 saturated carbocycles. The van der Waals surface area contributed by atoms with Crippen molar-refractivity contribution in [3.05, 3.63) is 170 Å². The Balaban J connectivity index is 1.31. The van der Waals surface area contributed by atoms with Crippen LogP contribution in [0.15, 0.2) is 159 Å². The van der Waals surface area contributed by atoms with E-state index in [0.29, 0.717) is 0 Å². The Labute approximate surface area is 323 Å². The maximum absolute atomic E-state index is 4.42. The van der Waals surface area contributed by atoms with Crippen molar-refractivity contribution in [3.8, 4) is 22.3 Å². The molecule has 0 N–H and O–H groups in total. The predicted molar refractivity (Wildman–Crippen MR) is 247 cm³/mol. The largest absolute Gasteiger partial charge is 0.0985 e. The summed E-state index contributed by atoms with van der Waals surface area (Å²) >= 11 is 0. The standard InChI is InChI=1S/C56H34/c1-5-29(6-2)47-46-28-45-34-17-12-11-16-33(34)35-18-13-19-42(49(35)45)54(46)48(30(7-3)8-4)56-44-27-25-41-39-23-21-37-32-15-10-9-14-31(32)36-20-22-38(51(39)50(36)37)40-24-26-43(55(47)56)53(44)52(40)41/h5-28H,1,3H2,2,4H3/b29-6+,30-8+. The van der Waals surface area contributed by atoms with E-state index in [-0.39, 0.29) is 0 Å². The van der Waals surface area contributed by atoms with E-state index in [0.717, 1.165) is 11.1 Å². The molecule has 0 aromatic heterocycles. The lowest BCUT2D eigenvalue weighted by Gasteiger charge is -2.19. The molecule has 0 spiro atoms. The van der Waals surface area contributed by atoms with E-state index in [1.54, 1.807) is 0 Å². The van der Waals surface area contributed by atoms with Crippen molar-refractivity contribution in [3.63, 3.8) is 0 Å². The van der Waals surface area contributed by atoms with Gasteiger partial charge in [-0.25, -0.2) is 0 Å². The highest BCUT2D eigenvalue weighted by atomic mass is 14.3. The average Bonchev–Trinajstić information content (AvgIpc) is 3.88. The molecule has 258 valence electrons. The Hall–Kier alpha value is -7.02. The summed E-state index contributed by atoms with van der Waals surface area (Å²) in [5.41, 5.74) is 10.2. The topological polar surface area (TPSA) is 0 Å². The van der Waals surface area contributed by atoms with E-state index in [2.05, 4.69) is 173 Å². The number of rotatable bonds is 4. The third-order valence-electron chi connectivity index (χ3n) is 13.5. The van der Waals surface area contributed by atoms with Gasteiger partial charge in [-0.2, -0.15) is 0 Å². The molecule has 0 fully saturated rings. The van der Waals surface area contributed by atoms with Crippen LogP contribution < -0.4 is 0 Å². The van der Waals surface area contributed by atoms with E-state index in [1.807, 2.05) is 0 Å². The molecular weight excluding hydrogens is 673 g/mol. The van der Waals surface area contributed by atoms with Gasteiger partial charge in [0.2, 0.25) is 0 Å². The molecule has 0 aliphatic heterocycles. The third kappa shape index (κ3) is 3.32. The SMILES string of the molecule is C=C/C(=C\C)c1c2cc3c4ccccc4c4cccc(c2c(/C(C=C)=C/C)c2c5ccc6c7ccc8c9c(ccc(c%10ccc(c12)c5c%106)c97)-c1ccccc1-8)c43. The first-order valence-electron chi connectivity index (χ1n) is 19.7. The van der Waals surface area contributed by atoms with Gasteiger partial charge in [-0.1, -0.05) is 153 Å². The average molecular weight is 707 g/mol. The van der Waals surface area contributed by atoms with Crippen molar-refractivity contribution >= 4 is 119 Å². The van der Waals surface area contributed by atoms with Crippen LogP contribution in [0.4, 0.5) is 0 Å². The molecule has 1 aliphatic rings. The van der Waals surface area contributed by atoms with Gasteiger partial charge in [0.25, 0.3) is 0 Å². The van der Waals surface area contributed by atoms with Gasteiger partial charge in [0, 0.05) is 0 Å². The van der Waals surface area contributed by atoms with Crippen molar-refractivity contribution in [2.24, 2.45) is 0 Å². The molecule has 0 heteroatoms. The number of allylic oxidation sites excluding steroid dienone is 6. The monoisotopic (exact) mass is 706 g/mol. The Morgan fingerprint density at radius 3 is 1.36 bits per heavy atom. The zero-order chi connectivity index (χ0) is 37.1. The summed E-state index contributed by atoms with van der Waals surface area (Å²) < 4.78 is 0. The second-order valence-corrected chi connectivity index (χ2v) is 15.7. The molecule has 13 rings (SSSR count). The Kier molecular flexibility index (Phi) is 5.62. The van der Waals surface area contributed by atoms with E-state index >= 15 is 0 Å². The van der Waals surface area contributed by atoms with E-state index < -0.39 is 0 Å². The molecule has 0 radical (unpaired) electrons. The second kappa shape index (κ2) is 10.4. The minimum atomic E-state index is 1.15. The quantitative estimate of drug-likeness (QED) is 0.0971. The normalized spacial score (nSPS) is 13.5. The summed E-state index contributed by atoms with van der Waals surface area (Å²) in [5, 5.41) is 26.4. The van der Waals surface area contributed by atoms with Crippen LogP contribution in [0.1, 0.15) is 25.0 Å². The van der Waals surface area contributed by atoms with Crippen LogP contribution in [-0.4, -0.2) is 0 Å². The maximum atomic E-state index is 4.42. The number of fused-ring (bicyclic) bond motifs is 13. The fraction of sp³-hybridized carbons (Fsp3) is 0.0357. The highest BCUT2D eigenvalue weighted by molar-refractivity contribution is 6.47. The highest BCUT2D eigenvalue weighted by Crippen LogP contribution is 2.56. The van der Waals surface area contributed by atoms with Crippen molar-refractivity contribution in [1.29, 1.82) is 0 Å². The lowest BCUT2D eigenvalue weighted by molar-refractivity contribution is 1.69. The van der Waals surface area contributed by atoms with Crippen LogP contribution in [-0.2, 0) is 0 Å². The predicted octanol–water partition coefficient (Wildman–Crippen LogP) is 16.4. The van der Waals surface area contributed by atoms with Crippen LogP contribution in [0.3, 0.4) is 0 Å². The highest BCUT2D eigenvalue weighted by Gasteiger charge is 2.29. The lowest BCUT2D eigenvalue weighted by Crippen LogP contribution is -1.95. The van der Waals surface area contributed by atoms with Crippen LogP contribution in [0, 0.1) is 0 Å². The van der Waals surface area contributed by atoms with Crippen molar-refractivity contribution < 1.29 is 0 Å². The number of hydrogen-bond donors (Lipinski definition) is 0. The van der Waals surface area contributed by atoms with E-state index in [9.17, 15) is 0 Å². The van der Waals surface area contributed by atoms with Crippen molar-refractivity contribution in [2.45, 2.75) is 13.8 Å². The Bertz CT molecular complexity index is 3770. The zero-order valence-electron chi connectivity index (χ0n) is 31.3. The third-order valence-corrected chi connectivity index (χ3v) is 13.5. The Morgan fingerprint density at radius 2 is 0.750 bits per heavy atom. The molecule has 0 unspecified atom stereocenters. The molecule has 0 atom stereocenters. The zero-order valence-corrected chi connectivity index (χ0v) is 31.3. The smallest absolute Gasteiger partial charge is 0.000730 e. The van der Waals surface area contributed by atoms with Gasteiger partial charge in [-0.05, 0) is 172 Å².